The summed E-state index contributed by atoms with van der Waals surface area (Å²) >= 11 is 0. The Balaban J connectivity index is 1.17. The molecular weight excluding hydrogens is 452 g/mol. The van der Waals surface area contributed by atoms with E-state index in [4.69, 9.17) is 9.72 Å². The van der Waals surface area contributed by atoms with Gasteiger partial charge < -0.3 is 15.4 Å². The second kappa shape index (κ2) is 9.72. The summed E-state index contributed by atoms with van der Waals surface area (Å²) in [5.74, 6) is 0.487. The predicted octanol–water partition coefficient (Wildman–Crippen LogP) is 4.25. The topological polar surface area (TPSA) is 83.8 Å². The van der Waals surface area contributed by atoms with Crippen LogP contribution < -0.4 is 10.6 Å². The average Bonchev–Trinajstić information content (AvgIpc) is 3.62. The third-order valence-electron chi connectivity index (χ3n) is 6.83. The fourth-order valence-corrected chi connectivity index (χ4v) is 4.54. The van der Waals surface area contributed by atoms with Crippen molar-refractivity contribution in [1.82, 2.24) is 24.8 Å². The molecule has 1 amide bonds. The van der Waals surface area contributed by atoms with E-state index in [0.29, 0.717) is 23.6 Å². The molecule has 8 nitrogen and oxygen atoms in total. The number of benzene rings is 2. The molecule has 1 saturated carbocycles. The summed E-state index contributed by atoms with van der Waals surface area (Å²) in [7, 11) is 0. The van der Waals surface area contributed by atoms with Crippen LogP contribution in [-0.4, -0.2) is 57.2 Å². The zero-order valence-corrected chi connectivity index (χ0v) is 20.4. The van der Waals surface area contributed by atoms with Crippen LogP contribution in [-0.2, 0) is 11.3 Å². The summed E-state index contributed by atoms with van der Waals surface area (Å²) in [6.45, 7) is 5.70. The third-order valence-corrected chi connectivity index (χ3v) is 6.83. The minimum absolute atomic E-state index is 0.0231. The van der Waals surface area contributed by atoms with Crippen molar-refractivity contribution in [2.75, 3.05) is 25.1 Å². The quantitative estimate of drug-likeness (QED) is 0.410. The molecule has 1 atom stereocenters. The first-order chi connectivity index (χ1) is 17.6. The number of hydrogen-bond donors (Lipinski definition) is 2. The summed E-state index contributed by atoms with van der Waals surface area (Å²) in [4.78, 5) is 19.4. The Morgan fingerprint density at radius 2 is 1.89 bits per heavy atom. The minimum Gasteiger partial charge on any atom is -0.379 e. The van der Waals surface area contributed by atoms with Crippen molar-refractivity contribution in [2.24, 2.45) is 0 Å². The highest BCUT2D eigenvalue weighted by Crippen LogP contribution is 2.26. The number of amides is 1. The van der Waals surface area contributed by atoms with Crippen molar-refractivity contribution in [3.63, 3.8) is 0 Å². The number of morpholine rings is 1. The molecule has 1 aliphatic heterocycles. The number of aromatic nitrogens is 3. The molecule has 2 fully saturated rings. The van der Waals surface area contributed by atoms with Crippen molar-refractivity contribution >= 4 is 23.2 Å². The standard InChI is InChI=1S/C28H30N6O2/c1-19-18-36-16-15-33(19)17-20-4-6-21(7-5-20)25-3-2-14-34-26(25)31-28(32-34)30-24-10-8-22(9-11-24)27(35)29-23-12-13-23/h2-11,14,19,23H,12-13,15-18H2,1H3,(H,29,35)(H,30,32)/t19-/m0/s1. The molecular formula is C28H30N6O2. The van der Waals surface area contributed by atoms with Crippen LogP contribution in [0.5, 0.6) is 0 Å². The molecule has 2 aromatic carbocycles. The van der Waals surface area contributed by atoms with Crippen LogP contribution in [0.3, 0.4) is 0 Å². The van der Waals surface area contributed by atoms with Crippen molar-refractivity contribution < 1.29 is 9.53 Å². The first-order valence-electron chi connectivity index (χ1n) is 12.6. The minimum atomic E-state index is -0.0231. The van der Waals surface area contributed by atoms with E-state index in [2.05, 4.69) is 57.9 Å². The van der Waals surface area contributed by atoms with Gasteiger partial charge in [0.15, 0.2) is 5.65 Å². The SMILES string of the molecule is C[C@H]1COCCN1Cc1ccc(-c2cccn3nc(Nc4ccc(C(=O)NC5CC5)cc4)nc23)cc1. The van der Waals surface area contributed by atoms with Gasteiger partial charge in [0.1, 0.15) is 0 Å². The Morgan fingerprint density at radius 3 is 2.64 bits per heavy atom. The number of nitrogens with one attached hydrogen (secondary N) is 2. The molecule has 8 heteroatoms. The van der Waals surface area contributed by atoms with Gasteiger partial charge in [0.25, 0.3) is 5.91 Å². The molecule has 6 rings (SSSR count). The largest absolute Gasteiger partial charge is 0.379 e. The van der Waals surface area contributed by atoms with Gasteiger partial charge in [-0.15, -0.1) is 5.10 Å². The van der Waals surface area contributed by atoms with E-state index >= 15 is 0 Å². The molecule has 0 radical (unpaired) electrons. The van der Waals surface area contributed by atoms with E-state index in [1.807, 2.05) is 36.5 Å². The number of hydrogen-bond acceptors (Lipinski definition) is 6. The zero-order valence-electron chi connectivity index (χ0n) is 20.4. The van der Waals surface area contributed by atoms with Crippen molar-refractivity contribution in [3.8, 4) is 11.1 Å². The molecule has 184 valence electrons. The van der Waals surface area contributed by atoms with Gasteiger partial charge in [-0.1, -0.05) is 24.3 Å². The highest BCUT2D eigenvalue weighted by molar-refractivity contribution is 5.95. The van der Waals surface area contributed by atoms with Crippen LogP contribution in [0.2, 0.25) is 0 Å². The molecule has 3 heterocycles. The number of pyridine rings is 1. The molecule has 0 bridgehead atoms. The number of fused-ring (bicyclic) bond motifs is 1. The number of ether oxygens (including phenoxy) is 1. The zero-order chi connectivity index (χ0) is 24.5. The lowest BCUT2D eigenvalue weighted by Crippen LogP contribution is -2.42. The lowest BCUT2D eigenvalue weighted by atomic mass is 10.0. The average molecular weight is 483 g/mol. The van der Waals surface area contributed by atoms with Crippen molar-refractivity contribution in [1.29, 1.82) is 0 Å². The first kappa shape index (κ1) is 22.7. The smallest absolute Gasteiger partial charge is 0.251 e. The Kier molecular flexibility index (Phi) is 6.13. The second-order valence-corrected chi connectivity index (χ2v) is 9.67. The van der Waals surface area contributed by atoms with Gasteiger partial charge in [-0.25, -0.2) is 4.52 Å². The van der Waals surface area contributed by atoms with Gasteiger partial charge >= 0.3 is 0 Å². The summed E-state index contributed by atoms with van der Waals surface area (Å²) in [5.41, 5.74) is 5.69. The van der Waals surface area contributed by atoms with E-state index in [1.54, 1.807) is 4.52 Å². The molecule has 1 saturated heterocycles. The van der Waals surface area contributed by atoms with Crippen LogP contribution in [0, 0.1) is 0 Å². The fourth-order valence-electron chi connectivity index (χ4n) is 4.54. The Bertz CT molecular complexity index is 1360. The molecule has 36 heavy (non-hydrogen) atoms. The molecule has 2 aliphatic rings. The van der Waals surface area contributed by atoms with Gasteiger partial charge in [0.05, 0.1) is 13.2 Å². The van der Waals surface area contributed by atoms with Crippen LogP contribution in [0.15, 0.2) is 66.9 Å². The van der Waals surface area contributed by atoms with Crippen molar-refractivity contribution in [2.45, 2.75) is 38.4 Å². The number of nitrogens with zero attached hydrogens (tertiary/aromatic N) is 4. The maximum absolute atomic E-state index is 12.2. The van der Waals surface area contributed by atoms with Crippen LogP contribution in [0.1, 0.15) is 35.7 Å². The monoisotopic (exact) mass is 482 g/mol. The molecule has 0 unspecified atom stereocenters. The van der Waals surface area contributed by atoms with E-state index in [0.717, 1.165) is 61.6 Å². The lowest BCUT2D eigenvalue weighted by Gasteiger charge is -2.33. The number of anilines is 2. The Labute approximate surface area is 210 Å². The first-order valence-corrected chi connectivity index (χ1v) is 12.6. The van der Waals surface area contributed by atoms with Crippen molar-refractivity contribution in [3.05, 3.63) is 78.0 Å². The molecule has 4 aromatic rings. The second-order valence-electron chi connectivity index (χ2n) is 9.67. The van der Waals surface area contributed by atoms with Crippen LogP contribution >= 0.6 is 0 Å². The van der Waals surface area contributed by atoms with E-state index in [1.165, 1.54) is 5.56 Å². The predicted molar refractivity (Wildman–Crippen MR) is 139 cm³/mol. The van der Waals surface area contributed by atoms with E-state index < -0.39 is 0 Å². The highest BCUT2D eigenvalue weighted by Gasteiger charge is 2.23. The van der Waals surface area contributed by atoms with Gasteiger partial charge in [-0.05, 0) is 67.3 Å². The van der Waals surface area contributed by atoms with Gasteiger partial charge in [-0.2, -0.15) is 4.98 Å². The van der Waals surface area contributed by atoms with Crippen LogP contribution in [0.4, 0.5) is 11.6 Å². The molecule has 0 spiro atoms. The molecule has 1 aliphatic carbocycles. The summed E-state index contributed by atoms with van der Waals surface area (Å²) in [6, 6.07) is 20.9. The number of rotatable bonds is 7. The highest BCUT2D eigenvalue weighted by atomic mass is 16.5. The van der Waals surface area contributed by atoms with E-state index in [-0.39, 0.29) is 5.91 Å². The lowest BCUT2D eigenvalue weighted by molar-refractivity contribution is -0.00436. The number of carbonyl (C=O) groups is 1. The van der Waals surface area contributed by atoms with E-state index in [9.17, 15) is 4.79 Å². The molecule has 2 N–H and O–H groups in total. The summed E-state index contributed by atoms with van der Waals surface area (Å²) in [5, 5.41) is 10.9. The summed E-state index contributed by atoms with van der Waals surface area (Å²) in [6.07, 6.45) is 4.05. The van der Waals surface area contributed by atoms with Crippen LogP contribution in [0.25, 0.3) is 16.8 Å². The summed E-state index contributed by atoms with van der Waals surface area (Å²) < 4.78 is 7.35. The fraction of sp³-hybridized carbons (Fsp3) is 0.321. The van der Waals surface area contributed by atoms with Gasteiger partial charge in [-0.3, -0.25) is 9.69 Å². The normalized spacial score (nSPS) is 18.3. The Hall–Kier alpha value is -3.75. The number of carbonyl (C=O) groups excluding carboxylic acids is 1. The van der Waals surface area contributed by atoms with Gasteiger partial charge in [0, 0.05) is 48.2 Å². The van der Waals surface area contributed by atoms with Gasteiger partial charge in [0.2, 0.25) is 5.95 Å². The third kappa shape index (κ3) is 4.96. The maximum Gasteiger partial charge on any atom is 0.251 e. The maximum atomic E-state index is 12.2. The Morgan fingerprint density at radius 1 is 1.08 bits per heavy atom. The molecule has 2 aromatic heterocycles.